The normalized spacial score (nSPS) is 32.4. The van der Waals surface area contributed by atoms with Crippen molar-refractivity contribution in [2.75, 3.05) is 59.4 Å². The second-order valence-corrected chi connectivity index (χ2v) is 8.16. The van der Waals surface area contributed by atoms with Crippen LogP contribution in [0.1, 0.15) is 32.1 Å². The van der Waals surface area contributed by atoms with Crippen LogP contribution in [0.4, 0.5) is 0 Å². The predicted octanol–water partition coefficient (Wildman–Crippen LogP) is 0.847. The van der Waals surface area contributed by atoms with Gasteiger partial charge >= 0.3 is 0 Å². The Hall–Kier alpha value is -0.650. The SMILES string of the molecule is CN1CCC[C@@H](CN2CC[C@H](CN3CCC(C(N)=O)CC3)C2)C1. The number of nitrogens with two attached hydrogens (primary N) is 1. The number of amides is 1. The largest absolute Gasteiger partial charge is 0.369 e. The molecule has 0 aliphatic carbocycles. The van der Waals surface area contributed by atoms with Gasteiger partial charge in [-0.05, 0) is 77.2 Å². The first kappa shape index (κ1) is 17.2. The molecule has 5 nitrogen and oxygen atoms in total. The number of nitrogens with zero attached hydrogens (tertiary/aromatic N) is 3. The van der Waals surface area contributed by atoms with Crippen LogP contribution in [0.15, 0.2) is 0 Å². The number of hydrogen-bond donors (Lipinski definition) is 1. The maximum absolute atomic E-state index is 11.3. The second-order valence-electron chi connectivity index (χ2n) is 8.16. The van der Waals surface area contributed by atoms with E-state index < -0.39 is 0 Å². The molecule has 2 N–H and O–H groups in total. The maximum atomic E-state index is 11.3. The zero-order chi connectivity index (χ0) is 16.2. The minimum Gasteiger partial charge on any atom is -0.369 e. The Morgan fingerprint density at radius 2 is 1.57 bits per heavy atom. The number of carbonyl (C=O) groups excluding carboxylic acids is 1. The Balaban J connectivity index is 1.36. The van der Waals surface area contributed by atoms with Gasteiger partial charge in [-0.1, -0.05) is 0 Å². The van der Waals surface area contributed by atoms with Crippen molar-refractivity contribution in [3.05, 3.63) is 0 Å². The molecule has 1 amide bonds. The summed E-state index contributed by atoms with van der Waals surface area (Å²) in [6.45, 7) is 9.73. The monoisotopic (exact) mass is 322 g/mol. The van der Waals surface area contributed by atoms with Crippen molar-refractivity contribution in [1.82, 2.24) is 14.7 Å². The van der Waals surface area contributed by atoms with E-state index in [1.807, 2.05) is 0 Å². The summed E-state index contributed by atoms with van der Waals surface area (Å²) in [5.74, 6) is 1.71. The van der Waals surface area contributed by atoms with E-state index in [-0.39, 0.29) is 11.8 Å². The Morgan fingerprint density at radius 1 is 0.913 bits per heavy atom. The molecule has 0 radical (unpaired) electrons. The molecule has 0 spiro atoms. The summed E-state index contributed by atoms with van der Waals surface area (Å²) in [6.07, 6.45) is 6.04. The van der Waals surface area contributed by atoms with Crippen molar-refractivity contribution in [1.29, 1.82) is 0 Å². The zero-order valence-corrected chi connectivity index (χ0v) is 14.8. The fourth-order valence-corrected chi connectivity index (χ4v) is 4.78. The molecule has 0 aromatic heterocycles. The van der Waals surface area contributed by atoms with Crippen molar-refractivity contribution in [3.8, 4) is 0 Å². The number of piperidine rings is 2. The fourth-order valence-electron chi connectivity index (χ4n) is 4.78. The maximum Gasteiger partial charge on any atom is 0.220 e. The molecule has 0 saturated carbocycles. The molecule has 0 aromatic carbocycles. The molecule has 3 aliphatic rings. The first-order valence-corrected chi connectivity index (χ1v) is 9.52. The van der Waals surface area contributed by atoms with Crippen LogP contribution >= 0.6 is 0 Å². The Morgan fingerprint density at radius 3 is 2.26 bits per heavy atom. The van der Waals surface area contributed by atoms with Gasteiger partial charge in [0.2, 0.25) is 5.91 Å². The lowest BCUT2D eigenvalue weighted by atomic mass is 9.95. The van der Waals surface area contributed by atoms with Gasteiger partial charge in [0.25, 0.3) is 0 Å². The van der Waals surface area contributed by atoms with Gasteiger partial charge in [0.05, 0.1) is 0 Å². The summed E-state index contributed by atoms with van der Waals surface area (Å²) in [7, 11) is 2.26. The Bertz CT molecular complexity index is 394. The topological polar surface area (TPSA) is 52.8 Å². The third-order valence-electron chi connectivity index (χ3n) is 6.11. The molecule has 3 aliphatic heterocycles. The molecule has 2 atom stereocenters. The molecule has 0 unspecified atom stereocenters. The average Bonchev–Trinajstić information content (AvgIpc) is 2.95. The minimum atomic E-state index is -0.103. The van der Waals surface area contributed by atoms with E-state index >= 15 is 0 Å². The fraction of sp³-hybridized carbons (Fsp3) is 0.944. The van der Waals surface area contributed by atoms with Crippen molar-refractivity contribution < 1.29 is 4.79 Å². The number of hydrogen-bond acceptors (Lipinski definition) is 4. The molecule has 3 heterocycles. The standard InChI is InChI=1S/C18H34N4O/c1-20-7-2-3-15(11-20)13-22-8-4-16(14-22)12-21-9-5-17(6-10-21)18(19)23/h15-17H,2-14H2,1H3,(H2,19,23)/t15-,16-/m1/s1. The predicted molar refractivity (Wildman–Crippen MR) is 93.1 cm³/mol. The number of carbonyl (C=O) groups is 1. The molecule has 0 bridgehead atoms. The highest BCUT2D eigenvalue weighted by Crippen LogP contribution is 2.24. The van der Waals surface area contributed by atoms with Gasteiger partial charge in [0.15, 0.2) is 0 Å². The van der Waals surface area contributed by atoms with Crippen LogP contribution < -0.4 is 5.73 Å². The Labute approximate surface area is 141 Å². The lowest BCUT2D eigenvalue weighted by molar-refractivity contribution is -0.123. The van der Waals surface area contributed by atoms with E-state index in [4.69, 9.17) is 5.73 Å². The third kappa shape index (κ3) is 4.91. The summed E-state index contributed by atoms with van der Waals surface area (Å²) < 4.78 is 0. The second kappa shape index (κ2) is 7.95. The van der Waals surface area contributed by atoms with Crippen LogP contribution in [0.25, 0.3) is 0 Å². The van der Waals surface area contributed by atoms with Crippen molar-refractivity contribution >= 4 is 5.91 Å². The summed E-state index contributed by atoms with van der Waals surface area (Å²) in [6, 6.07) is 0. The Kier molecular flexibility index (Phi) is 5.94. The summed E-state index contributed by atoms with van der Waals surface area (Å²) in [5, 5.41) is 0. The highest BCUT2D eigenvalue weighted by molar-refractivity contribution is 5.76. The summed E-state index contributed by atoms with van der Waals surface area (Å²) in [5.41, 5.74) is 5.43. The van der Waals surface area contributed by atoms with E-state index in [1.165, 1.54) is 58.5 Å². The molecule has 0 aromatic rings. The van der Waals surface area contributed by atoms with Gasteiger partial charge in [0.1, 0.15) is 0 Å². The highest BCUT2D eigenvalue weighted by Gasteiger charge is 2.29. The quantitative estimate of drug-likeness (QED) is 0.815. The summed E-state index contributed by atoms with van der Waals surface area (Å²) >= 11 is 0. The van der Waals surface area contributed by atoms with Gasteiger partial charge in [-0.25, -0.2) is 0 Å². The van der Waals surface area contributed by atoms with Crippen LogP contribution in [-0.2, 0) is 4.79 Å². The third-order valence-corrected chi connectivity index (χ3v) is 6.11. The van der Waals surface area contributed by atoms with Crippen LogP contribution in [0, 0.1) is 17.8 Å². The number of rotatable bonds is 5. The molecule has 3 rings (SSSR count). The molecule has 132 valence electrons. The van der Waals surface area contributed by atoms with E-state index in [0.29, 0.717) is 0 Å². The van der Waals surface area contributed by atoms with Crippen LogP contribution in [0.2, 0.25) is 0 Å². The first-order chi connectivity index (χ1) is 11.1. The molecule has 3 saturated heterocycles. The molecule has 5 heteroatoms. The van der Waals surface area contributed by atoms with Crippen molar-refractivity contribution in [3.63, 3.8) is 0 Å². The average molecular weight is 322 g/mol. The van der Waals surface area contributed by atoms with Crippen molar-refractivity contribution in [2.45, 2.75) is 32.1 Å². The van der Waals surface area contributed by atoms with Crippen LogP contribution in [0.5, 0.6) is 0 Å². The number of likely N-dealkylation sites (tertiary alicyclic amines) is 3. The first-order valence-electron chi connectivity index (χ1n) is 9.52. The van der Waals surface area contributed by atoms with Gasteiger partial charge in [-0.3, -0.25) is 4.79 Å². The lowest BCUT2D eigenvalue weighted by Gasteiger charge is -2.33. The smallest absolute Gasteiger partial charge is 0.220 e. The number of primary amides is 1. The van der Waals surface area contributed by atoms with Gasteiger partial charge in [-0.2, -0.15) is 0 Å². The van der Waals surface area contributed by atoms with Gasteiger partial charge < -0.3 is 20.4 Å². The van der Waals surface area contributed by atoms with E-state index in [2.05, 4.69) is 21.7 Å². The molecule has 3 fully saturated rings. The van der Waals surface area contributed by atoms with E-state index in [9.17, 15) is 4.79 Å². The molecular formula is C18H34N4O. The molecular weight excluding hydrogens is 288 g/mol. The highest BCUT2D eigenvalue weighted by atomic mass is 16.1. The minimum absolute atomic E-state index is 0.103. The van der Waals surface area contributed by atoms with Gasteiger partial charge in [-0.15, -0.1) is 0 Å². The molecule has 23 heavy (non-hydrogen) atoms. The van der Waals surface area contributed by atoms with Crippen LogP contribution in [0.3, 0.4) is 0 Å². The zero-order valence-electron chi connectivity index (χ0n) is 14.8. The van der Waals surface area contributed by atoms with E-state index in [1.54, 1.807) is 0 Å². The lowest BCUT2D eigenvalue weighted by Crippen LogP contribution is -2.41. The van der Waals surface area contributed by atoms with Crippen LogP contribution in [-0.4, -0.2) is 80.0 Å². The summed E-state index contributed by atoms with van der Waals surface area (Å²) in [4.78, 5) is 19.0. The van der Waals surface area contributed by atoms with E-state index in [0.717, 1.165) is 37.8 Å². The van der Waals surface area contributed by atoms with Crippen molar-refractivity contribution in [2.24, 2.45) is 23.5 Å². The van der Waals surface area contributed by atoms with Gasteiger partial charge in [0, 0.05) is 32.1 Å².